The largest absolute Gasteiger partial charge is 0.326 e. The quantitative estimate of drug-likeness (QED) is 0.788. The lowest BCUT2D eigenvalue weighted by atomic mass is 9.99. The Morgan fingerprint density at radius 2 is 1.92 bits per heavy atom. The average Bonchev–Trinajstić information content (AvgIpc) is 2.62. The molecule has 0 unspecified atom stereocenters. The molecule has 0 aromatic heterocycles. The van der Waals surface area contributed by atoms with E-state index in [9.17, 15) is 17.6 Å². The van der Waals surface area contributed by atoms with Crippen molar-refractivity contribution >= 4 is 37.5 Å². The average molecular weight is 441 g/mol. The second kappa shape index (κ2) is 7.85. The number of nitrogens with zero attached hydrogens (tertiary/aromatic N) is 1. The number of carbonyl (C=O) groups is 1. The first-order valence-electron chi connectivity index (χ1n) is 8.18. The number of amides is 1. The van der Waals surface area contributed by atoms with Crippen molar-refractivity contribution in [2.24, 2.45) is 5.92 Å². The number of nitrogens with one attached hydrogen (secondary N) is 1. The van der Waals surface area contributed by atoms with E-state index in [1.54, 1.807) is 12.1 Å². The van der Waals surface area contributed by atoms with Crippen LogP contribution in [0.1, 0.15) is 12.8 Å². The topological polar surface area (TPSA) is 66.5 Å². The first-order chi connectivity index (χ1) is 12.4. The highest BCUT2D eigenvalue weighted by Crippen LogP contribution is 2.25. The molecule has 8 heteroatoms. The fourth-order valence-corrected chi connectivity index (χ4v) is 4.86. The van der Waals surface area contributed by atoms with Crippen LogP contribution in [0.15, 0.2) is 57.9 Å². The maximum Gasteiger partial charge on any atom is 0.243 e. The van der Waals surface area contributed by atoms with Gasteiger partial charge in [-0.05, 0) is 55.3 Å². The lowest BCUT2D eigenvalue weighted by Crippen LogP contribution is -2.43. The second-order valence-corrected chi connectivity index (χ2v) is 9.01. The number of benzene rings is 2. The number of anilines is 1. The summed E-state index contributed by atoms with van der Waals surface area (Å²) in [6.45, 7) is 0.458. The molecule has 1 saturated heterocycles. The summed E-state index contributed by atoms with van der Waals surface area (Å²) < 4.78 is 40.7. The van der Waals surface area contributed by atoms with Gasteiger partial charge in [-0.25, -0.2) is 12.8 Å². The lowest BCUT2D eigenvalue weighted by Gasteiger charge is -2.31. The molecule has 0 aliphatic carbocycles. The molecule has 3 rings (SSSR count). The smallest absolute Gasteiger partial charge is 0.243 e. The van der Waals surface area contributed by atoms with Crippen molar-refractivity contribution in [3.05, 3.63) is 58.8 Å². The van der Waals surface area contributed by atoms with Crippen LogP contribution in [0.5, 0.6) is 0 Å². The molecule has 1 N–H and O–H groups in total. The predicted molar refractivity (Wildman–Crippen MR) is 101 cm³/mol. The zero-order valence-corrected chi connectivity index (χ0v) is 16.3. The van der Waals surface area contributed by atoms with E-state index in [1.165, 1.54) is 16.4 Å². The van der Waals surface area contributed by atoms with Gasteiger partial charge < -0.3 is 5.32 Å². The van der Waals surface area contributed by atoms with Gasteiger partial charge in [0.1, 0.15) is 5.82 Å². The summed E-state index contributed by atoms with van der Waals surface area (Å²) in [4.78, 5) is 12.6. The Morgan fingerprint density at radius 3 is 2.62 bits per heavy atom. The van der Waals surface area contributed by atoms with Crippen LogP contribution in [0.2, 0.25) is 0 Å². The minimum absolute atomic E-state index is 0.0342. The van der Waals surface area contributed by atoms with Gasteiger partial charge in [0, 0.05) is 23.2 Å². The molecule has 5 nitrogen and oxygen atoms in total. The Morgan fingerprint density at radius 1 is 1.19 bits per heavy atom. The van der Waals surface area contributed by atoms with Gasteiger partial charge in [-0.2, -0.15) is 4.31 Å². The van der Waals surface area contributed by atoms with Crippen molar-refractivity contribution in [2.75, 3.05) is 18.4 Å². The molecule has 2 aromatic carbocycles. The normalized spacial score (nSPS) is 18.5. The van der Waals surface area contributed by atoms with Crippen molar-refractivity contribution in [3.8, 4) is 0 Å². The van der Waals surface area contributed by atoms with E-state index in [1.807, 2.05) is 12.1 Å². The number of hydrogen-bond donors (Lipinski definition) is 1. The van der Waals surface area contributed by atoms with Crippen LogP contribution in [-0.2, 0) is 14.8 Å². The van der Waals surface area contributed by atoms with Crippen LogP contribution in [0.4, 0.5) is 10.1 Å². The number of rotatable bonds is 4. The Bertz CT molecular complexity index is 903. The molecule has 0 spiro atoms. The molecule has 0 radical (unpaired) electrons. The van der Waals surface area contributed by atoms with Crippen LogP contribution in [-0.4, -0.2) is 31.7 Å². The number of hydrogen-bond acceptors (Lipinski definition) is 3. The summed E-state index contributed by atoms with van der Waals surface area (Å²) in [6.07, 6.45) is 1.21. The zero-order chi connectivity index (χ0) is 18.7. The summed E-state index contributed by atoms with van der Waals surface area (Å²) in [5.74, 6) is -1.13. The van der Waals surface area contributed by atoms with Crippen molar-refractivity contribution in [2.45, 2.75) is 17.7 Å². The molecule has 1 amide bonds. The molecular formula is C18H18BrFN2O3S. The fraction of sp³-hybridized carbons (Fsp3) is 0.278. The van der Waals surface area contributed by atoms with E-state index in [0.717, 1.165) is 16.6 Å². The Kier molecular flexibility index (Phi) is 5.74. The third kappa shape index (κ3) is 4.31. The van der Waals surface area contributed by atoms with Crippen molar-refractivity contribution < 1.29 is 17.6 Å². The van der Waals surface area contributed by atoms with E-state index < -0.39 is 21.8 Å². The van der Waals surface area contributed by atoms with Crippen LogP contribution >= 0.6 is 15.9 Å². The summed E-state index contributed by atoms with van der Waals surface area (Å²) in [5.41, 5.74) is 0.655. The first-order valence-corrected chi connectivity index (χ1v) is 10.4. The van der Waals surface area contributed by atoms with Crippen molar-refractivity contribution in [3.63, 3.8) is 0 Å². The predicted octanol–water partition coefficient (Wildman–Crippen LogP) is 3.63. The van der Waals surface area contributed by atoms with Gasteiger partial charge in [-0.3, -0.25) is 4.79 Å². The molecule has 1 aliphatic heterocycles. The van der Waals surface area contributed by atoms with Gasteiger partial charge in [0.25, 0.3) is 0 Å². The molecule has 1 atom stereocenters. The zero-order valence-electron chi connectivity index (χ0n) is 13.9. The van der Waals surface area contributed by atoms with Gasteiger partial charge in [-0.15, -0.1) is 0 Å². The van der Waals surface area contributed by atoms with E-state index in [-0.39, 0.29) is 17.3 Å². The molecule has 2 aromatic rings. The highest BCUT2D eigenvalue weighted by Gasteiger charge is 2.33. The first kappa shape index (κ1) is 19.0. The number of carbonyl (C=O) groups excluding carboxylic acids is 1. The number of halogens is 2. The van der Waals surface area contributed by atoms with Crippen molar-refractivity contribution in [1.29, 1.82) is 0 Å². The molecule has 26 heavy (non-hydrogen) atoms. The van der Waals surface area contributed by atoms with Crippen LogP contribution in [0.25, 0.3) is 0 Å². The van der Waals surface area contributed by atoms with Crippen LogP contribution < -0.4 is 5.32 Å². The van der Waals surface area contributed by atoms with Gasteiger partial charge >= 0.3 is 0 Å². The minimum atomic E-state index is -3.75. The third-order valence-corrected chi connectivity index (χ3v) is 6.67. The SMILES string of the molecule is O=C(Nc1cccc(Br)c1)[C@H]1CCCN(S(=O)(=O)c2ccc(F)cc2)C1. The minimum Gasteiger partial charge on any atom is -0.326 e. The van der Waals surface area contributed by atoms with Crippen LogP contribution in [0.3, 0.4) is 0 Å². The number of sulfonamides is 1. The monoisotopic (exact) mass is 440 g/mol. The van der Waals surface area contributed by atoms with Crippen molar-refractivity contribution in [1.82, 2.24) is 4.31 Å². The van der Waals surface area contributed by atoms with Crippen LogP contribution in [0, 0.1) is 11.7 Å². The Balaban J connectivity index is 1.72. The third-order valence-electron chi connectivity index (χ3n) is 4.30. The summed E-state index contributed by atoms with van der Waals surface area (Å²) >= 11 is 3.35. The highest BCUT2D eigenvalue weighted by atomic mass is 79.9. The van der Waals surface area contributed by atoms with E-state index in [4.69, 9.17) is 0 Å². The maximum absolute atomic E-state index is 13.1. The number of piperidine rings is 1. The van der Waals surface area contributed by atoms with Gasteiger partial charge in [0.2, 0.25) is 15.9 Å². The molecule has 1 fully saturated rings. The molecule has 1 heterocycles. The van der Waals surface area contributed by atoms with Gasteiger partial charge in [-0.1, -0.05) is 22.0 Å². The highest BCUT2D eigenvalue weighted by molar-refractivity contribution is 9.10. The van der Waals surface area contributed by atoms with E-state index in [2.05, 4.69) is 21.2 Å². The van der Waals surface area contributed by atoms with E-state index >= 15 is 0 Å². The summed E-state index contributed by atoms with van der Waals surface area (Å²) in [5, 5.41) is 2.83. The molecule has 138 valence electrons. The molecule has 0 bridgehead atoms. The lowest BCUT2D eigenvalue weighted by molar-refractivity contribution is -0.120. The van der Waals surface area contributed by atoms with Gasteiger partial charge in [0.15, 0.2) is 0 Å². The Hall–Kier alpha value is -1.77. The molecule has 0 saturated carbocycles. The Labute approximate surface area is 160 Å². The second-order valence-electron chi connectivity index (χ2n) is 6.16. The fourth-order valence-electron chi connectivity index (χ4n) is 2.94. The summed E-state index contributed by atoms with van der Waals surface area (Å²) in [6, 6.07) is 12.0. The molecule has 1 aliphatic rings. The molecular weight excluding hydrogens is 423 g/mol. The van der Waals surface area contributed by atoms with E-state index in [0.29, 0.717) is 25.1 Å². The van der Waals surface area contributed by atoms with Gasteiger partial charge in [0.05, 0.1) is 10.8 Å². The maximum atomic E-state index is 13.1. The summed E-state index contributed by atoms with van der Waals surface area (Å²) in [7, 11) is -3.75. The standard InChI is InChI=1S/C18H18BrFN2O3S/c19-14-4-1-5-16(11-14)21-18(23)13-3-2-10-22(12-13)26(24,25)17-8-6-15(20)7-9-17/h1,4-9,11,13H,2-3,10,12H2,(H,21,23)/t13-/m0/s1.